The second-order valence-corrected chi connectivity index (χ2v) is 6.63. The molecule has 0 unspecified atom stereocenters. The number of hydrogen-bond donors (Lipinski definition) is 2. The molecule has 2 heterocycles. The molecule has 1 aromatic carbocycles. The second kappa shape index (κ2) is 8.64. The monoisotopic (exact) mass is 368 g/mol. The number of nitrogens with zero attached hydrogens (tertiary/aromatic N) is 2. The van der Waals surface area contributed by atoms with Gasteiger partial charge in [-0.3, -0.25) is 14.5 Å². The third-order valence-corrected chi connectivity index (χ3v) is 4.68. The molecule has 3 N–H and O–H groups in total. The molecule has 7 nitrogen and oxygen atoms in total. The van der Waals surface area contributed by atoms with E-state index in [0.717, 1.165) is 37.2 Å². The number of pyridine rings is 1. The first-order valence-electron chi connectivity index (χ1n) is 8.98. The van der Waals surface area contributed by atoms with Gasteiger partial charge in [0.2, 0.25) is 11.8 Å². The van der Waals surface area contributed by atoms with Gasteiger partial charge in [0, 0.05) is 36.3 Å². The zero-order chi connectivity index (χ0) is 19.2. The Kier molecular flexibility index (Phi) is 6.03. The first-order valence-corrected chi connectivity index (χ1v) is 8.98. The Morgan fingerprint density at radius 2 is 1.89 bits per heavy atom. The molecule has 0 aliphatic carbocycles. The van der Waals surface area contributed by atoms with Crippen LogP contribution in [0.1, 0.15) is 23.2 Å². The summed E-state index contributed by atoms with van der Waals surface area (Å²) in [5.74, 6) is 0.147. The molecule has 2 amide bonds. The van der Waals surface area contributed by atoms with Crippen molar-refractivity contribution < 1.29 is 14.3 Å². The van der Waals surface area contributed by atoms with E-state index in [2.05, 4.69) is 10.3 Å². The lowest BCUT2D eigenvalue weighted by molar-refractivity contribution is -0.119. The third-order valence-electron chi connectivity index (χ3n) is 4.68. The molecule has 1 aliphatic rings. The number of likely N-dealkylation sites (tertiary alicyclic amines) is 1. The van der Waals surface area contributed by atoms with Crippen LogP contribution < -0.4 is 15.8 Å². The maximum atomic E-state index is 12.5. The molecule has 1 fully saturated rings. The minimum Gasteiger partial charge on any atom is -0.481 e. The van der Waals surface area contributed by atoms with E-state index < -0.39 is 0 Å². The van der Waals surface area contributed by atoms with Crippen LogP contribution in [0.25, 0.3) is 11.3 Å². The van der Waals surface area contributed by atoms with Crippen molar-refractivity contribution >= 4 is 11.8 Å². The normalized spacial score (nSPS) is 15.3. The van der Waals surface area contributed by atoms with Crippen molar-refractivity contribution in [1.82, 2.24) is 15.2 Å². The number of rotatable bonds is 6. The van der Waals surface area contributed by atoms with Gasteiger partial charge in [-0.15, -0.1) is 0 Å². The summed E-state index contributed by atoms with van der Waals surface area (Å²) in [5, 5.41) is 3.07. The Bertz CT molecular complexity index is 799. The molecule has 1 aromatic heterocycles. The maximum Gasteiger partial charge on any atom is 0.251 e. The highest BCUT2D eigenvalue weighted by molar-refractivity contribution is 5.94. The summed E-state index contributed by atoms with van der Waals surface area (Å²) in [6.07, 6.45) is 1.62. The molecule has 7 heteroatoms. The zero-order valence-corrected chi connectivity index (χ0v) is 15.4. The number of aromatic nitrogens is 1. The first-order chi connectivity index (χ1) is 13.0. The first kappa shape index (κ1) is 18.8. The lowest BCUT2D eigenvalue weighted by atomic mass is 10.0. The average Bonchev–Trinajstić information content (AvgIpc) is 2.69. The summed E-state index contributed by atoms with van der Waals surface area (Å²) in [4.78, 5) is 29.9. The van der Waals surface area contributed by atoms with Gasteiger partial charge in [-0.1, -0.05) is 18.2 Å². The number of amides is 2. The quantitative estimate of drug-likeness (QED) is 0.804. The molecule has 0 atom stereocenters. The summed E-state index contributed by atoms with van der Waals surface area (Å²) >= 11 is 0. The Labute approximate surface area is 158 Å². The number of nitrogens with one attached hydrogen (secondary N) is 1. The minimum atomic E-state index is -0.317. The number of methoxy groups -OCH3 is 1. The number of carbonyl (C=O) groups is 2. The lowest BCUT2D eigenvalue weighted by Gasteiger charge is -2.31. The van der Waals surface area contributed by atoms with Gasteiger partial charge >= 0.3 is 0 Å². The molecule has 2 aromatic rings. The fourth-order valence-corrected chi connectivity index (χ4v) is 3.21. The fraction of sp³-hybridized carbons (Fsp3) is 0.350. The number of carbonyl (C=O) groups excluding carboxylic acids is 2. The Morgan fingerprint density at radius 1 is 1.19 bits per heavy atom. The molecule has 142 valence electrons. The smallest absolute Gasteiger partial charge is 0.251 e. The van der Waals surface area contributed by atoms with E-state index in [1.807, 2.05) is 29.2 Å². The predicted molar refractivity (Wildman–Crippen MR) is 102 cm³/mol. The van der Waals surface area contributed by atoms with Crippen molar-refractivity contribution in [2.24, 2.45) is 5.73 Å². The SMILES string of the molecule is COc1cccc(-c2ccc(C(=O)NC3CCN(CC(N)=O)CC3)cc2)n1. The fourth-order valence-electron chi connectivity index (χ4n) is 3.21. The number of benzene rings is 1. The van der Waals surface area contributed by atoms with Crippen LogP contribution in [0.4, 0.5) is 0 Å². The molecule has 1 aliphatic heterocycles. The summed E-state index contributed by atoms with van der Waals surface area (Å²) < 4.78 is 5.15. The topological polar surface area (TPSA) is 97.5 Å². The zero-order valence-electron chi connectivity index (χ0n) is 15.4. The molecule has 0 spiro atoms. The van der Waals surface area contributed by atoms with Crippen LogP contribution in [0, 0.1) is 0 Å². The Morgan fingerprint density at radius 3 is 2.52 bits per heavy atom. The van der Waals surface area contributed by atoms with Crippen molar-refractivity contribution in [2.45, 2.75) is 18.9 Å². The molecule has 1 saturated heterocycles. The highest BCUT2D eigenvalue weighted by Gasteiger charge is 2.21. The van der Waals surface area contributed by atoms with E-state index in [1.54, 1.807) is 25.3 Å². The van der Waals surface area contributed by atoms with Crippen LogP contribution in [0.5, 0.6) is 5.88 Å². The van der Waals surface area contributed by atoms with Crippen molar-refractivity contribution in [3.63, 3.8) is 0 Å². The van der Waals surface area contributed by atoms with E-state index in [-0.39, 0.29) is 24.4 Å². The number of hydrogen-bond acceptors (Lipinski definition) is 5. The van der Waals surface area contributed by atoms with Gasteiger partial charge in [0.1, 0.15) is 0 Å². The molecule has 0 radical (unpaired) electrons. The van der Waals surface area contributed by atoms with E-state index in [4.69, 9.17) is 10.5 Å². The van der Waals surface area contributed by atoms with Crippen LogP contribution in [0.15, 0.2) is 42.5 Å². The van der Waals surface area contributed by atoms with Crippen LogP contribution in [-0.4, -0.2) is 54.5 Å². The maximum absolute atomic E-state index is 12.5. The largest absolute Gasteiger partial charge is 0.481 e. The average molecular weight is 368 g/mol. The number of ether oxygens (including phenoxy) is 1. The van der Waals surface area contributed by atoms with Gasteiger partial charge in [0.25, 0.3) is 5.91 Å². The summed E-state index contributed by atoms with van der Waals surface area (Å²) in [6, 6.07) is 13.0. The van der Waals surface area contributed by atoms with E-state index in [0.29, 0.717) is 11.4 Å². The number of piperidine rings is 1. The van der Waals surface area contributed by atoms with Crippen molar-refractivity contribution in [3.05, 3.63) is 48.0 Å². The summed E-state index contributed by atoms with van der Waals surface area (Å²) in [6.45, 7) is 1.79. The van der Waals surface area contributed by atoms with Gasteiger partial charge in [-0.05, 0) is 31.0 Å². The second-order valence-electron chi connectivity index (χ2n) is 6.63. The summed E-state index contributed by atoms with van der Waals surface area (Å²) in [5.41, 5.74) is 7.55. The van der Waals surface area contributed by atoms with Gasteiger partial charge < -0.3 is 15.8 Å². The highest BCUT2D eigenvalue weighted by atomic mass is 16.5. The van der Waals surface area contributed by atoms with Crippen molar-refractivity contribution in [3.8, 4) is 17.1 Å². The van der Waals surface area contributed by atoms with Crippen LogP contribution in [-0.2, 0) is 4.79 Å². The van der Waals surface area contributed by atoms with E-state index >= 15 is 0 Å². The number of nitrogens with two attached hydrogens (primary N) is 1. The van der Waals surface area contributed by atoms with Crippen molar-refractivity contribution in [2.75, 3.05) is 26.7 Å². The summed E-state index contributed by atoms with van der Waals surface area (Å²) in [7, 11) is 1.58. The molecule has 27 heavy (non-hydrogen) atoms. The van der Waals surface area contributed by atoms with Gasteiger partial charge in [0.05, 0.1) is 19.3 Å². The Hall–Kier alpha value is -2.93. The van der Waals surface area contributed by atoms with Gasteiger partial charge in [0.15, 0.2) is 0 Å². The molecule has 0 saturated carbocycles. The molecular weight excluding hydrogens is 344 g/mol. The standard InChI is InChI=1S/C20H24N4O3/c1-27-19-4-2-3-17(23-19)14-5-7-15(8-6-14)20(26)22-16-9-11-24(12-10-16)13-18(21)25/h2-8,16H,9-13H2,1H3,(H2,21,25)(H,22,26). The van der Waals surface area contributed by atoms with E-state index in [9.17, 15) is 9.59 Å². The molecule has 0 bridgehead atoms. The van der Waals surface area contributed by atoms with Gasteiger partial charge in [-0.25, -0.2) is 4.98 Å². The van der Waals surface area contributed by atoms with Crippen LogP contribution in [0.2, 0.25) is 0 Å². The number of primary amides is 1. The van der Waals surface area contributed by atoms with Crippen LogP contribution in [0.3, 0.4) is 0 Å². The third kappa shape index (κ3) is 5.04. The van der Waals surface area contributed by atoms with E-state index in [1.165, 1.54) is 0 Å². The van der Waals surface area contributed by atoms with Crippen LogP contribution >= 0.6 is 0 Å². The highest BCUT2D eigenvalue weighted by Crippen LogP contribution is 2.20. The minimum absolute atomic E-state index is 0.0893. The van der Waals surface area contributed by atoms with Crippen molar-refractivity contribution in [1.29, 1.82) is 0 Å². The lowest BCUT2D eigenvalue weighted by Crippen LogP contribution is -2.46. The Balaban J connectivity index is 1.57. The predicted octanol–water partition coefficient (Wildman–Crippen LogP) is 1.44. The molecular formula is C20H24N4O3. The van der Waals surface area contributed by atoms with Gasteiger partial charge in [-0.2, -0.15) is 0 Å². The molecule has 3 rings (SSSR count).